The minimum atomic E-state index is -0.475. The lowest BCUT2D eigenvalue weighted by Gasteiger charge is -2.03. The topological polar surface area (TPSA) is 94.7 Å². The third-order valence-electron chi connectivity index (χ3n) is 3.32. The van der Waals surface area contributed by atoms with Gasteiger partial charge < -0.3 is 0 Å². The van der Waals surface area contributed by atoms with E-state index < -0.39 is 11.5 Å². The highest BCUT2D eigenvalue weighted by Gasteiger charge is 2.05. The van der Waals surface area contributed by atoms with E-state index in [9.17, 15) is 9.59 Å². The summed E-state index contributed by atoms with van der Waals surface area (Å²) in [4.78, 5) is 31.3. The Balaban J connectivity index is 1.72. The van der Waals surface area contributed by atoms with Crippen LogP contribution in [0.5, 0.6) is 0 Å². The fourth-order valence-electron chi connectivity index (χ4n) is 2.32. The largest absolute Gasteiger partial charge is 0.287 e. The van der Waals surface area contributed by atoms with Crippen LogP contribution in [0.25, 0.3) is 17.6 Å². The van der Waals surface area contributed by atoms with Crippen molar-refractivity contribution in [3.63, 3.8) is 0 Å². The zero-order chi connectivity index (χ0) is 17.8. The van der Waals surface area contributed by atoms with Crippen molar-refractivity contribution in [1.29, 1.82) is 0 Å². The van der Waals surface area contributed by atoms with Crippen LogP contribution in [0.2, 0.25) is 0 Å². The third-order valence-corrected chi connectivity index (χ3v) is 3.32. The number of nitrogens with zero attached hydrogens (tertiary/aromatic N) is 5. The fourth-order valence-corrected chi connectivity index (χ4v) is 2.32. The first-order chi connectivity index (χ1) is 12.0. The molecule has 0 bridgehead atoms. The lowest BCUT2D eigenvalue weighted by molar-refractivity contribution is -0.112. The van der Waals surface area contributed by atoms with E-state index in [0.717, 1.165) is 27.6 Å². The van der Waals surface area contributed by atoms with Crippen molar-refractivity contribution in [2.24, 2.45) is 0 Å². The normalized spacial score (nSPS) is 11.0. The van der Waals surface area contributed by atoms with Gasteiger partial charge in [0.25, 0.3) is 11.5 Å². The van der Waals surface area contributed by atoms with Gasteiger partial charge in [0.15, 0.2) is 5.82 Å². The van der Waals surface area contributed by atoms with Crippen LogP contribution in [0.3, 0.4) is 0 Å². The van der Waals surface area contributed by atoms with Gasteiger partial charge in [-0.1, -0.05) is 17.2 Å². The maximum Gasteiger partial charge on any atom is 0.287 e. The number of aryl methyl sites for hydroxylation is 2. The number of rotatable bonds is 4. The number of amides is 1. The van der Waals surface area contributed by atoms with Crippen molar-refractivity contribution < 1.29 is 4.79 Å². The van der Waals surface area contributed by atoms with E-state index in [2.05, 4.69) is 26.6 Å². The molecule has 1 aromatic carbocycles. The van der Waals surface area contributed by atoms with Crippen LogP contribution in [-0.4, -0.2) is 30.3 Å². The molecule has 2 aromatic heterocycles. The maximum atomic E-state index is 11.9. The molecule has 0 unspecified atom stereocenters. The number of nitrogens with one attached hydrogen (secondary N) is 1. The van der Waals surface area contributed by atoms with E-state index in [0.29, 0.717) is 5.82 Å². The lowest BCUT2D eigenvalue weighted by atomic mass is 10.1. The van der Waals surface area contributed by atoms with Gasteiger partial charge in [-0.15, -0.1) is 5.10 Å². The molecule has 1 amide bonds. The first kappa shape index (κ1) is 16.3. The predicted molar refractivity (Wildman–Crippen MR) is 93.1 cm³/mol. The SMILES string of the molecule is Cc1cc(C)cc(-c2ncn(/C=C\C(=O)Nn3ccncc3=O)n2)c1. The van der Waals surface area contributed by atoms with Crippen LogP contribution in [-0.2, 0) is 4.79 Å². The molecule has 8 heteroatoms. The summed E-state index contributed by atoms with van der Waals surface area (Å²) >= 11 is 0. The monoisotopic (exact) mass is 336 g/mol. The molecule has 0 fully saturated rings. The molecule has 0 saturated carbocycles. The Bertz CT molecular complexity index is 982. The Kier molecular flexibility index (Phi) is 4.51. The minimum absolute atomic E-state index is 0.429. The van der Waals surface area contributed by atoms with Gasteiger partial charge in [-0.05, 0) is 26.0 Å². The van der Waals surface area contributed by atoms with Crippen LogP contribution in [0, 0.1) is 13.8 Å². The first-order valence-corrected chi connectivity index (χ1v) is 7.53. The average molecular weight is 336 g/mol. The molecule has 0 radical (unpaired) electrons. The van der Waals surface area contributed by atoms with Gasteiger partial charge >= 0.3 is 0 Å². The summed E-state index contributed by atoms with van der Waals surface area (Å²) in [5.74, 6) is 0.0963. The zero-order valence-electron chi connectivity index (χ0n) is 13.7. The van der Waals surface area contributed by atoms with E-state index in [-0.39, 0.29) is 0 Å². The van der Waals surface area contributed by atoms with Crippen LogP contribution >= 0.6 is 0 Å². The van der Waals surface area contributed by atoms with Crippen LogP contribution in [0.4, 0.5) is 0 Å². The predicted octanol–water partition coefficient (Wildman–Crippen LogP) is 1.36. The van der Waals surface area contributed by atoms with Crippen molar-refractivity contribution in [3.05, 3.63) is 70.7 Å². The van der Waals surface area contributed by atoms with Gasteiger partial charge in [0.2, 0.25) is 0 Å². The quantitative estimate of drug-likeness (QED) is 0.726. The van der Waals surface area contributed by atoms with Gasteiger partial charge in [-0.2, -0.15) is 0 Å². The zero-order valence-corrected chi connectivity index (χ0v) is 13.7. The standard InChI is InChI=1S/C17H16N6O2/c1-12-7-13(2)9-14(8-12)17-19-11-22(21-17)5-3-15(24)20-23-6-4-18-10-16(23)25/h3-11H,1-2H3,(H,20,24)/b5-3-. The van der Waals surface area contributed by atoms with E-state index in [1.807, 2.05) is 26.0 Å². The van der Waals surface area contributed by atoms with Gasteiger partial charge in [0, 0.05) is 30.2 Å². The Morgan fingerprint density at radius 1 is 1.20 bits per heavy atom. The lowest BCUT2D eigenvalue weighted by Crippen LogP contribution is -2.31. The van der Waals surface area contributed by atoms with Gasteiger partial charge in [0.05, 0.1) is 6.20 Å². The molecule has 0 saturated heterocycles. The Morgan fingerprint density at radius 2 is 1.96 bits per heavy atom. The molecule has 25 heavy (non-hydrogen) atoms. The van der Waals surface area contributed by atoms with Gasteiger partial charge in [-0.25, -0.2) is 14.3 Å². The number of aromatic nitrogens is 5. The number of carbonyl (C=O) groups excluding carboxylic acids is 1. The molecule has 3 rings (SSSR count). The highest BCUT2D eigenvalue weighted by molar-refractivity contribution is 5.96. The Morgan fingerprint density at radius 3 is 2.68 bits per heavy atom. The van der Waals surface area contributed by atoms with E-state index in [1.54, 1.807) is 0 Å². The molecule has 0 aliphatic rings. The molecular weight excluding hydrogens is 320 g/mol. The smallest absolute Gasteiger partial charge is 0.268 e. The summed E-state index contributed by atoms with van der Waals surface area (Å²) in [6, 6.07) is 6.07. The van der Waals surface area contributed by atoms with Crippen molar-refractivity contribution in [2.75, 3.05) is 5.43 Å². The second kappa shape index (κ2) is 6.91. The van der Waals surface area contributed by atoms with E-state index in [1.165, 1.54) is 35.7 Å². The molecule has 8 nitrogen and oxygen atoms in total. The summed E-state index contributed by atoms with van der Waals surface area (Å²) in [7, 11) is 0. The molecule has 3 aromatic rings. The first-order valence-electron chi connectivity index (χ1n) is 7.53. The molecule has 0 aliphatic carbocycles. The molecule has 0 spiro atoms. The summed E-state index contributed by atoms with van der Waals surface area (Å²) in [6.07, 6.45) is 8.10. The number of benzene rings is 1. The Hall–Kier alpha value is -3.55. The molecular formula is C17H16N6O2. The molecule has 1 N–H and O–H groups in total. The van der Waals surface area contributed by atoms with Crippen LogP contribution < -0.4 is 11.0 Å². The maximum absolute atomic E-state index is 11.9. The number of hydrogen-bond acceptors (Lipinski definition) is 5. The number of hydrogen-bond donors (Lipinski definition) is 1. The highest BCUT2D eigenvalue weighted by atomic mass is 16.2. The van der Waals surface area contributed by atoms with Crippen molar-refractivity contribution >= 4 is 12.1 Å². The summed E-state index contributed by atoms with van der Waals surface area (Å²) in [5, 5.41) is 4.32. The number of carbonyl (C=O) groups is 1. The summed E-state index contributed by atoms with van der Waals surface area (Å²) in [5.41, 5.74) is 5.15. The van der Waals surface area contributed by atoms with E-state index >= 15 is 0 Å². The molecule has 0 aliphatic heterocycles. The Labute approximate surface area is 143 Å². The second-order valence-corrected chi connectivity index (χ2v) is 5.50. The van der Waals surface area contributed by atoms with Crippen molar-refractivity contribution in [1.82, 2.24) is 24.4 Å². The van der Waals surface area contributed by atoms with Gasteiger partial charge in [0.1, 0.15) is 6.33 Å². The third kappa shape index (κ3) is 4.05. The molecule has 2 heterocycles. The summed E-state index contributed by atoms with van der Waals surface area (Å²) < 4.78 is 2.48. The summed E-state index contributed by atoms with van der Waals surface area (Å²) in [6.45, 7) is 4.03. The fraction of sp³-hybridized carbons (Fsp3) is 0.118. The van der Waals surface area contributed by atoms with Crippen molar-refractivity contribution in [3.8, 4) is 11.4 Å². The highest BCUT2D eigenvalue weighted by Crippen LogP contribution is 2.18. The van der Waals surface area contributed by atoms with Crippen molar-refractivity contribution in [2.45, 2.75) is 13.8 Å². The molecule has 126 valence electrons. The average Bonchev–Trinajstić information content (AvgIpc) is 3.03. The molecule has 0 atom stereocenters. The minimum Gasteiger partial charge on any atom is -0.268 e. The van der Waals surface area contributed by atoms with Crippen LogP contribution in [0.15, 0.2) is 54.0 Å². The van der Waals surface area contributed by atoms with Gasteiger partial charge in [-0.3, -0.25) is 20.0 Å². The van der Waals surface area contributed by atoms with Crippen LogP contribution in [0.1, 0.15) is 11.1 Å². The van der Waals surface area contributed by atoms with E-state index in [4.69, 9.17) is 0 Å². The second-order valence-electron chi connectivity index (χ2n) is 5.50.